The van der Waals surface area contributed by atoms with E-state index >= 15 is 0 Å². The lowest BCUT2D eigenvalue weighted by Gasteiger charge is -2.27. The molecule has 8 nitrogen and oxygen atoms in total. The second-order valence-corrected chi connectivity index (χ2v) is 9.44. The van der Waals surface area contributed by atoms with Crippen LogP contribution in [0.5, 0.6) is 0 Å². The van der Waals surface area contributed by atoms with Gasteiger partial charge in [-0.2, -0.15) is 17.4 Å². The van der Waals surface area contributed by atoms with Crippen molar-refractivity contribution in [1.82, 2.24) is 9.03 Å². The molecule has 1 N–H and O–H groups in total. The van der Waals surface area contributed by atoms with Gasteiger partial charge in [-0.3, -0.25) is 0 Å². The van der Waals surface area contributed by atoms with Crippen molar-refractivity contribution in [3.8, 4) is 0 Å². The molecule has 3 rings (SSSR count). The lowest BCUT2D eigenvalue weighted by molar-refractivity contribution is -0.158. The summed E-state index contributed by atoms with van der Waals surface area (Å²) in [5.74, 6) is -1.41. The van der Waals surface area contributed by atoms with Crippen molar-refractivity contribution >= 4 is 22.3 Å². The normalized spacial score (nSPS) is 28.0. The van der Waals surface area contributed by atoms with Crippen LogP contribution in [0.3, 0.4) is 0 Å². The van der Waals surface area contributed by atoms with Gasteiger partial charge < -0.3 is 9.47 Å². The van der Waals surface area contributed by atoms with Gasteiger partial charge in [-0.05, 0) is 32.3 Å². The Kier molecular flexibility index (Phi) is 4.72. The summed E-state index contributed by atoms with van der Waals surface area (Å²) in [6.45, 7) is 6.83. The molecule has 1 saturated heterocycles. The molecule has 3 atom stereocenters. The first-order valence-corrected chi connectivity index (χ1v) is 10.2. The highest BCUT2D eigenvalue weighted by molar-refractivity contribution is 7.87. The summed E-state index contributed by atoms with van der Waals surface area (Å²) >= 11 is 0. The van der Waals surface area contributed by atoms with Crippen LogP contribution in [-0.2, 0) is 24.5 Å². The van der Waals surface area contributed by atoms with Crippen molar-refractivity contribution in [3.05, 3.63) is 35.9 Å². The summed E-state index contributed by atoms with van der Waals surface area (Å²) in [4.78, 5) is 24.8. The molecule has 0 aromatic heterocycles. The highest BCUT2D eigenvalue weighted by Gasteiger charge is 2.71. The van der Waals surface area contributed by atoms with Gasteiger partial charge in [-0.15, -0.1) is 0 Å². The Labute approximate surface area is 159 Å². The number of nitrogens with one attached hydrogen (secondary N) is 1. The van der Waals surface area contributed by atoms with Crippen LogP contribution in [0, 0.1) is 5.92 Å². The third kappa shape index (κ3) is 3.53. The van der Waals surface area contributed by atoms with Gasteiger partial charge >= 0.3 is 22.3 Å². The topological polar surface area (TPSA) is 102 Å². The number of hydrogen-bond acceptors (Lipinski definition) is 6. The van der Waals surface area contributed by atoms with E-state index in [1.54, 1.807) is 27.7 Å². The van der Waals surface area contributed by atoms with Crippen LogP contribution >= 0.6 is 0 Å². The first-order chi connectivity index (χ1) is 12.5. The summed E-state index contributed by atoms with van der Waals surface area (Å²) < 4.78 is 38.9. The number of cyclic esters (lactones) is 1. The van der Waals surface area contributed by atoms with E-state index in [2.05, 4.69) is 4.72 Å². The molecule has 0 bridgehead atoms. The monoisotopic (exact) mass is 396 g/mol. The molecule has 1 aliphatic heterocycles. The fraction of sp³-hybridized carbons (Fsp3) is 0.556. The van der Waals surface area contributed by atoms with Gasteiger partial charge in [-0.25, -0.2) is 9.59 Å². The Balaban J connectivity index is 1.97. The van der Waals surface area contributed by atoms with Gasteiger partial charge in [0.15, 0.2) is 0 Å². The van der Waals surface area contributed by atoms with Crippen LogP contribution in [0.1, 0.15) is 39.2 Å². The predicted octanol–water partition coefficient (Wildman–Crippen LogP) is 1.79. The van der Waals surface area contributed by atoms with Crippen molar-refractivity contribution in [2.45, 2.75) is 44.8 Å². The fourth-order valence-electron chi connectivity index (χ4n) is 3.51. The van der Waals surface area contributed by atoms with Crippen LogP contribution in [-0.4, -0.2) is 49.1 Å². The Hall–Kier alpha value is -2.13. The molecule has 2 fully saturated rings. The number of ether oxygens (including phenoxy) is 2. The van der Waals surface area contributed by atoms with E-state index in [9.17, 15) is 18.0 Å². The van der Waals surface area contributed by atoms with Gasteiger partial charge in [0.2, 0.25) is 0 Å². The van der Waals surface area contributed by atoms with Crippen molar-refractivity contribution in [2.24, 2.45) is 5.92 Å². The summed E-state index contributed by atoms with van der Waals surface area (Å²) in [5.41, 5.74) is -1.44. The fourth-order valence-corrected chi connectivity index (χ4v) is 5.01. The van der Waals surface area contributed by atoms with Crippen LogP contribution in [0.25, 0.3) is 0 Å². The minimum Gasteiger partial charge on any atom is -0.459 e. The minimum atomic E-state index is -4.27. The third-order valence-electron chi connectivity index (χ3n) is 4.81. The smallest absolute Gasteiger partial charge is 0.424 e. The van der Waals surface area contributed by atoms with Crippen molar-refractivity contribution in [2.75, 3.05) is 13.2 Å². The summed E-state index contributed by atoms with van der Waals surface area (Å²) in [6, 6.07) is 9.17. The van der Waals surface area contributed by atoms with Crippen molar-refractivity contribution in [1.29, 1.82) is 0 Å². The van der Waals surface area contributed by atoms with Crippen molar-refractivity contribution in [3.63, 3.8) is 0 Å². The molecule has 1 aromatic rings. The van der Waals surface area contributed by atoms with E-state index in [0.29, 0.717) is 4.31 Å². The second kappa shape index (κ2) is 6.49. The van der Waals surface area contributed by atoms with Gasteiger partial charge in [0, 0.05) is 5.92 Å². The number of amides is 1. The Bertz CT molecular complexity index is 848. The zero-order chi connectivity index (χ0) is 20.0. The van der Waals surface area contributed by atoms with Gasteiger partial charge in [0.05, 0.1) is 6.54 Å². The Morgan fingerprint density at radius 1 is 1.30 bits per heavy atom. The molecular weight excluding hydrogens is 372 g/mol. The molecule has 148 valence electrons. The maximum Gasteiger partial charge on any atom is 0.424 e. The zero-order valence-corrected chi connectivity index (χ0v) is 16.6. The van der Waals surface area contributed by atoms with Crippen LogP contribution in [0.15, 0.2) is 30.3 Å². The number of carbonyl (C=O) groups excluding carboxylic acids is 2. The molecule has 0 unspecified atom stereocenters. The maximum absolute atomic E-state index is 13.0. The van der Waals surface area contributed by atoms with Crippen LogP contribution in [0.4, 0.5) is 4.79 Å². The molecule has 1 amide bonds. The average Bonchev–Trinajstić information content (AvgIpc) is 2.90. The maximum atomic E-state index is 13.0. The summed E-state index contributed by atoms with van der Waals surface area (Å²) in [7, 11) is -4.27. The second-order valence-electron chi connectivity index (χ2n) is 7.84. The molecule has 0 spiro atoms. The SMILES string of the molecule is C[C@@H]1[C@H](c2ccccc2)[C@]1(NS(=O)(=O)N1CCOC1=O)C(=O)OC(C)(C)C. The molecule has 9 heteroatoms. The molecule has 1 saturated carbocycles. The number of benzene rings is 1. The van der Waals surface area contributed by atoms with Crippen LogP contribution in [0.2, 0.25) is 0 Å². The number of rotatable bonds is 5. The number of esters is 1. The highest BCUT2D eigenvalue weighted by atomic mass is 32.2. The largest absolute Gasteiger partial charge is 0.459 e. The van der Waals surface area contributed by atoms with Gasteiger partial charge in [-0.1, -0.05) is 37.3 Å². The molecular formula is C18H24N2O6S. The van der Waals surface area contributed by atoms with E-state index in [1.165, 1.54) is 0 Å². The summed E-state index contributed by atoms with van der Waals surface area (Å²) in [5, 5.41) is 0. The molecule has 2 aliphatic rings. The van der Waals surface area contributed by atoms with E-state index in [0.717, 1.165) is 5.56 Å². The van der Waals surface area contributed by atoms with E-state index in [1.807, 2.05) is 30.3 Å². The predicted molar refractivity (Wildman–Crippen MR) is 97.0 cm³/mol. The van der Waals surface area contributed by atoms with E-state index < -0.39 is 39.3 Å². The lowest BCUT2D eigenvalue weighted by atomic mass is 10.1. The summed E-state index contributed by atoms with van der Waals surface area (Å²) in [6.07, 6.45) is -0.952. The lowest BCUT2D eigenvalue weighted by Crippen LogP contribution is -2.53. The van der Waals surface area contributed by atoms with Crippen LogP contribution < -0.4 is 4.72 Å². The standard InChI is InChI=1S/C18H24N2O6S/c1-12-14(13-8-6-5-7-9-13)18(12,15(21)26-17(2,3)4)19-27(23,24)20-10-11-25-16(20)22/h5-9,12,14,19H,10-11H2,1-4H3/t12-,14-,18+/m1/s1. The highest BCUT2D eigenvalue weighted by Crippen LogP contribution is 2.58. The number of nitrogens with zero attached hydrogens (tertiary/aromatic N) is 1. The number of hydrogen-bond donors (Lipinski definition) is 1. The van der Waals surface area contributed by atoms with E-state index in [-0.39, 0.29) is 19.1 Å². The first kappa shape index (κ1) is 19.6. The Morgan fingerprint density at radius 3 is 2.44 bits per heavy atom. The third-order valence-corrected chi connectivity index (χ3v) is 6.31. The van der Waals surface area contributed by atoms with Gasteiger partial charge in [0.1, 0.15) is 17.7 Å². The molecule has 1 aliphatic carbocycles. The minimum absolute atomic E-state index is 0.0170. The Morgan fingerprint density at radius 2 is 1.93 bits per heavy atom. The molecule has 0 radical (unpaired) electrons. The molecule has 1 aromatic carbocycles. The van der Waals surface area contributed by atoms with E-state index in [4.69, 9.17) is 9.47 Å². The van der Waals surface area contributed by atoms with Crippen molar-refractivity contribution < 1.29 is 27.5 Å². The average molecular weight is 396 g/mol. The molecule has 27 heavy (non-hydrogen) atoms. The van der Waals surface area contributed by atoms with Gasteiger partial charge in [0.25, 0.3) is 0 Å². The number of carbonyl (C=O) groups is 2. The first-order valence-electron chi connectivity index (χ1n) is 8.76. The zero-order valence-electron chi connectivity index (χ0n) is 15.8. The quantitative estimate of drug-likeness (QED) is 0.762. The molecule has 1 heterocycles.